The SMILES string of the molecule is CCN(CCOC)Cc1nc2ccccc2c(=O)[nH]1. The number of nitrogens with one attached hydrogen (secondary N) is 1. The van der Waals surface area contributed by atoms with E-state index >= 15 is 0 Å². The van der Waals surface area contributed by atoms with Crippen LogP contribution in [-0.2, 0) is 11.3 Å². The van der Waals surface area contributed by atoms with Crippen LogP contribution in [0.25, 0.3) is 10.9 Å². The number of ether oxygens (including phenoxy) is 1. The Hall–Kier alpha value is -1.72. The number of para-hydroxylation sites is 1. The monoisotopic (exact) mass is 261 g/mol. The van der Waals surface area contributed by atoms with E-state index in [1.54, 1.807) is 13.2 Å². The van der Waals surface area contributed by atoms with Gasteiger partial charge in [-0.3, -0.25) is 9.69 Å². The van der Waals surface area contributed by atoms with Gasteiger partial charge in [-0.1, -0.05) is 19.1 Å². The van der Waals surface area contributed by atoms with E-state index in [1.165, 1.54) is 0 Å². The third-order valence-electron chi connectivity index (χ3n) is 3.09. The molecule has 0 amide bonds. The van der Waals surface area contributed by atoms with E-state index in [0.29, 0.717) is 24.4 Å². The van der Waals surface area contributed by atoms with Crippen molar-refractivity contribution < 1.29 is 4.74 Å². The maximum atomic E-state index is 11.9. The van der Waals surface area contributed by atoms with Gasteiger partial charge in [0, 0.05) is 13.7 Å². The topological polar surface area (TPSA) is 58.2 Å². The summed E-state index contributed by atoms with van der Waals surface area (Å²) in [6.07, 6.45) is 0. The van der Waals surface area contributed by atoms with E-state index in [0.717, 1.165) is 18.6 Å². The Bertz CT molecular complexity index is 595. The van der Waals surface area contributed by atoms with Crippen LogP contribution in [-0.4, -0.2) is 41.7 Å². The summed E-state index contributed by atoms with van der Waals surface area (Å²) >= 11 is 0. The van der Waals surface area contributed by atoms with Crippen molar-refractivity contribution in [2.75, 3.05) is 26.8 Å². The maximum Gasteiger partial charge on any atom is 0.258 e. The number of rotatable bonds is 6. The molecule has 0 unspecified atom stereocenters. The Morgan fingerprint density at radius 2 is 2.16 bits per heavy atom. The molecule has 19 heavy (non-hydrogen) atoms. The first-order valence-electron chi connectivity index (χ1n) is 6.43. The molecule has 1 heterocycles. The lowest BCUT2D eigenvalue weighted by Gasteiger charge is -2.19. The zero-order chi connectivity index (χ0) is 13.7. The van der Waals surface area contributed by atoms with E-state index in [-0.39, 0.29) is 5.56 Å². The second-order valence-electron chi connectivity index (χ2n) is 4.39. The van der Waals surface area contributed by atoms with Crippen LogP contribution in [0.1, 0.15) is 12.7 Å². The lowest BCUT2D eigenvalue weighted by molar-refractivity contribution is 0.146. The second kappa shape index (κ2) is 6.45. The molecule has 0 fully saturated rings. The van der Waals surface area contributed by atoms with Gasteiger partial charge >= 0.3 is 0 Å². The highest BCUT2D eigenvalue weighted by molar-refractivity contribution is 5.77. The Morgan fingerprint density at radius 3 is 2.89 bits per heavy atom. The molecule has 1 aromatic carbocycles. The number of hydrogen-bond acceptors (Lipinski definition) is 4. The average Bonchev–Trinajstić information content (AvgIpc) is 2.43. The summed E-state index contributed by atoms with van der Waals surface area (Å²) in [5.74, 6) is 0.696. The van der Waals surface area contributed by atoms with Crippen molar-refractivity contribution in [2.45, 2.75) is 13.5 Å². The summed E-state index contributed by atoms with van der Waals surface area (Å²) in [6.45, 7) is 5.09. The van der Waals surface area contributed by atoms with Crippen molar-refractivity contribution in [1.29, 1.82) is 0 Å². The minimum Gasteiger partial charge on any atom is -0.383 e. The molecule has 5 heteroatoms. The van der Waals surface area contributed by atoms with Crippen LogP contribution in [0.2, 0.25) is 0 Å². The number of aromatic nitrogens is 2. The summed E-state index contributed by atoms with van der Waals surface area (Å²) in [5.41, 5.74) is 0.660. The zero-order valence-corrected chi connectivity index (χ0v) is 11.3. The van der Waals surface area contributed by atoms with Gasteiger partial charge in [-0.2, -0.15) is 0 Å². The fraction of sp³-hybridized carbons (Fsp3) is 0.429. The van der Waals surface area contributed by atoms with E-state index in [2.05, 4.69) is 21.8 Å². The third kappa shape index (κ3) is 3.39. The highest BCUT2D eigenvalue weighted by atomic mass is 16.5. The molecular weight excluding hydrogens is 242 g/mol. The molecule has 0 aliphatic rings. The van der Waals surface area contributed by atoms with Gasteiger partial charge in [-0.15, -0.1) is 0 Å². The van der Waals surface area contributed by atoms with Crippen molar-refractivity contribution in [3.8, 4) is 0 Å². The molecule has 0 atom stereocenters. The van der Waals surface area contributed by atoms with Gasteiger partial charge < -0.3 is 9.72 Å². The van der Waals surface area contributed by atoms with Gasteiger partial charge in [0.2, 0.25) is 0 Å². The molecule has 0 bridgehead atoms. The highest BCUT2D eigenvalue weighted by Crippen LogP contribution is 2.06. The standard InChI is InChI=1S/C14H19N3O2/c1-3-17(8-9-19-2)10-13-15-12-7-5-4-6-11(12)14(18)16-13/h4-7H,3,8-10H2,1-2H3,(H,15,16,18). The second-order valence-corrected chi connectivity index (χ2v) is 4.39. The third-order valence-corrected chi connectivity index (χ3v) is 3.09. The first-order chi connectivity index (χ1) is 9.24. The smallest absolute Gasteiger partial charge is 0.258 e. The van der Waals surface area contributed by atoms with Crippen molar-refractivity contribution in [3.05, 3.63) is 40.4 Å². The van der Waals surface area contributed by atoms with Gasteiger partial charge in [0.1, 0.15) is 5.82 Å². The van der Waals surface area contributed by atoms with Gasteiger partial charge in [0.15, 0.2) is 0 Å². The van der Waals surface area contributed by atoms with E-state index in [1.807, 2.05) is 18.2 Å². The number of hydrogen-bond donors (Lipinski definition) is 1. The molecule has 5 nitrogen and oxygen atoms in total. The minimum atomic E-state index is -0.0802. The predicted octanol–water partition coefficient (Wildman–Crippen LogP) is 1.39. The van der Waals surface area contributed by atoms with Crippen LogP contribution < -0.4 is 5.56 Å². The quantitative estimate of drug-likeness (QED) is 0.853. The fourth-order valence-electron chi connectivity index (χ4n) is 1.99. The Morgan fingerprint density at radius 1 is 1.37 bits per heavy atom. The van der Waals surface area contributed by atoms with Crippen molar-refractivity contribution in [1.82, 2.24) is 14.9 Å². The lowest BCUT2D eigenvalue weighted by atomic mass is 10.2. The Kier molecular flexibility index (Phi) is 4.65. The van der Waals surface area contributed by atoms with E-state index in [9.17, 15) is 4.79 Å². The number of aromatic amines is 1. The number of likely N-dealkylation sites (N-methyl/N-ethyl adjacent to an activating group) is 1. The highest BCUT2D eigenvalue weighted by Gasteiger charge is 2.07. The van der Waals surface area contributed by atoms with Crippen LogP contribution >= 0.6 is 0 Å². The molecule has 0 saturated carbocycles. The van der Waals surface area contributed by atoms with Gasteiger partial charge in [-0.25, -0.2) is 4.98 Å². The number of benzene rings is 1. The van der Waals surface area contributed by atoms with E-state index < -0.39 is 0 Å². The van der Waals surface area contributed by atoms with Gasteiger partial charge in [-0.05, 0) is 18.7 Å². The van der Waals surface area contributed by atoms with Crippen molar-refractivity contribution in [2.24, 2.45) is 0 Å². The molecular formula is C14H19N3O2. The normalized spacial score (nSPS) is 11.3. The Balaban J connectivity index is 2.23. The van der Waals surface area contributed by atoms with Crippen molar-refractivity contribution >= 4 is 10.9 Å². The molecule has 0 aliphatic heterocycles. The molecule has 0 spiro atoms. The van der Waals surface area contributed by atoms with Crippen molar-refractivity contribution in [3.63, 3.8) is 0 Å². The first-order valence-corrected chi connectivity index (χ1v) is 6.43. The molecule has 2 rings (SSSR count). The van der Waals surface area contributed by atoms with Crippen LogP contribution in [0.4, 0.5) is 0 Å². The number of fused-ring (bicyclic) bond motifs is 1. The molecule has 2 aromatic rings. The molecule has 1 aromatic heterocycles. The number of nitrogens with zero attached hydrogens (tertiary/aromatic N) is 2. The van der Waals surface area contributed by atoms with Crippen LogP contribution in [0.3, 0.4) is 0 Å². The molecule has 0 aliphatic carbocycles. The number of H-pyrrole nitrogens is 1. The molecule has 0 radical (unpaired) electrons. The molecule has 102 valence electrons. The summed E-state index contributed by atoms with van der Waals surface area (Å²) in [5, 5.41) is 0.631. The first kappa shape index (κ1) is 13.7. The predicted molar refractivity (Wildman–Crippen MR) is 75.2 cm³/mol. The fourth-order valence-corrected chi connectivity index (χ4v) is 1.99. The molecule has 0 saturated heterocycles. The molecule has 1 N–H and O–H groups in total. The maximum absolute atomic E-state index is 11.9. The number of methoxy groups -OCH3 is 1. The summed E-state index contributed by atoms with van der Waals surface area (Å²) in [4.78, 5) is 21.5. The van der Waals surface area contributed by atoms with E-state index in [4.69, 9.17) is 4.74 Å². The van der Waals surface area contributed by atoms with Crippen LogP contribution in [0.15, 0.2) is 29.1 Å². The van der Waals surface area contributed by atoms with Crippen LogP contribution in [0.5, 0.6) is 0 Å². The minimum absolute atomic E-state index is 0.0802. The zero-order valence-electron chi connectivity index (χ0n) is 11.3. The Labute approximate surface area is 112 Å². The average molecular weight is 261 g/mol. The summed E-state index contributed by atoms with van der Waals surface area (Å²) in [7, 11) is 1.68. The van der Waals surface area contributed by atoms with Gasteiger partial charge in [0.05, 0.1) is 24.1 Å². The van der Waals surface area contributed by atoms with Gasteiger partial charge in [0.25, 0.3) is 5.56 Å². The summed E-state index contributed by atoms with van der Waals surface area (Å²) < 4.78 is 5.07. The lowest BCUT2D eigenvalue weighted by Crippen LogP contribution is -2.28. The largest absolute Gasteiger partial charge is 0.383 e. The summed E-state index contributed by atoms with van der Waals surface area (Å²) in [6, 6.07) is 7.38. The van der Waals surface area contributed by atoms with Crippen LogP contribution in [0, 0.1) is 0 Å².